The molecule has 0 spiro atoms. The van der Waals surface area contributed by atoms with Gasteiger partial charge in [-0.2, -0.15) is 5.10 Å². The quantitative estimate of drug-likeness (QED) is 0.713. The van der Waals surface area contributed by atoms with Gasteiger partial charge in [-0.1, -0.05) is 20.8 Å². The van der Waals surface area contributed by atoms with E-state index in [1.807, 2.05) is 29.5 Å². The second kappa shape index (κ2) is 8.47. The average molecular weight is 350 g/mol. The second-order valence-corrected chi connectivity index (χ2v) is 6.84. The van der Waals surface area contributed by atoms with E-state index in [4.69, 9.17) is 5.11 Å². The smallest absolute Gasteiger partial charge is 0.317 e. The maximum Gasteiger partial charge on any atom is 0.317 e. The van der Waals surface area contributed by atoms with E-state index in [0.717, 1.165) is 31.4 Å². The molecule has 1 heterocycles. The molecule has 0 aliphatic heterocycles. The first-order chi connectivity index (χ1) is 11.9. The van der Waals surface area contributed by atoms with Crippen molar-refractivity contribution in [2.75, 3.05) is 13.1 Å². The number of rotatable bonds is 9. The molecule has 1 fully saturated rings. The van der Waals surface area contributed by atoms with E-state index in [0.29, 0.717) is 12.2 Å². The Labute approximate surface area is 149 Å². The number of carboxylic acids is 1. The molecule has 140 valence electrons. The minimum absolute atomic E-state index is 0.0580. The lowest BCUT2D eigenvalue weighted by Gasteiger charge is -2.42. The van der Waals surface area contributed by atoms with E-state index in [-0.39, 0.29) is 30.6 Å². The molecule has 0 bridgehead atoms. The molecule has 0 unspecified atom stereocenters. The summed E-state index contributed by atoms with van der Waals surface area (Å²) in [6, 6.07) is 2.41. The number of carboxylic acid groups (broad SMARTS) is 1. The van der Waals surface area contributed by atoms with Crippen LogP contribution in [0, 0.1) is 6.92 Å². The maximum atomic E-state index is 12.7. The maximum absolute atomic E-state index is 12.7. The molecule has 1 aromatic heterocycles. The summed E-state index contributed by atoms with van der Waals surface area (Å²) in [7, 11) is 0. The number of carbonyl (C=O) groups excluding carboxylic acids is 1. The van der Waals surface area contributed by atoms with Crippen LogP contribution in [0.1, 0.15) is 68.7 Å². The zero-order valence-corrected chi connectivity index (χ0v) is 15.7. The molecule has 0 saturated heterocycles. The standard InChI is InChI=1S/C18H30N4O3/c1-5-14(6-2)22-16(8-12(4)20-22)18(25)19-13-9-15(10-13)21(7-3)11-17(23)24/h8,13-15H,5-7,9-11H2,1-4H3,(H,19,25)(H,23,24). The van der Waals surface area contributed by atoms with Crippen LogP contribution in [0.2, 0.25) is 0 Å². The fourth-order valence-electron chi connectivity index (χ4n) is 3.54. The molecule has 1 aliphatic rings. The summed E-state index contributed by atoms with van der Waals surface area (Å²) in [5.41, 5.74) is 1.47. The van der Waals surface area contributed by atoms with Gasteiger partial charge in [-0.15, -0.1) is 0 Å². The Balaban J connectivity index is 1.95. The predicted molar refractivity (Wildman–Crippen MR) is 95.7 cm³/mol. The molecule has 0 radical (unpaired) electrons. The number of likely N-dealkylation sites (N-methyl/N-ethyl adjacent to an activating group) is 1. The lowest BCUT2D eigenvalue weighted by atomic mass is 9.85. The van der Waals surface area contributed by atoms with E-state index in [9.17, 15) is 9.59 Å². The first kappa shape index (κ1) is 19.4. The van der Waals surface area contributed by atoms with Crippen molar-refractivity contribution in [2.24, 2.45) is 0 Å². The number of hydrogen-bond acceptors (Lipinski definition) is 4. The second-order valence-electron chi connectivity index (χ2n) is 6.84. The fourth-order valence-corrected chi connectivity index (χ4v) is 3.54. The Morgan fingerprint density at radius 3 is 2.52 bits per heavy atom. The van der Waals surface area contributed by atoms with Crippen molar-refractivity contribution >= 4 is 11.9 Å². The Kier molecular flexibility index (Phi) is 6.58. The molecule has 7 nitrogen and oxygen atoms in total. The summed E-state index contributed by atoms with van der Waals surface area (Å²) in [5.74, 6) is -0.892. The number of carbonyl (C=O) groups is 2. The van der Waals surface area contributed by atoms with Crippen LogP contribution in [0.25, 0.3) is 0 Å². The highest BCUT2D eigenvalue weighted by molar-refractivity contribution is 5.93. The third-order valence-corrected chi connectivity index (χ3v) is 5.09. The van der Waals surface area contributed by atoms with Crippen molar-refractivity contribution < 1.29 is 14.7 Å². The van der Waals surface area contributed by atoms with Gasteiger partial charge in [-0.05, 0) is 45.2 Å². The SMILES string of the molecule is CCC(CC)n1nc(C)cc1C(=O)NC1CC(N(CC)CC(=O)O)C1. The topological polar surface area (TPSA) is 87.5 Å². The van der Waals surface area contributed by atoms with Crippen molar-refractivity contribution in [3.63, 3.8) is 0 Å². The summed E-state index contributed by atoms with van der Waals surface area (Å²) in [6.07, 6.45) is 3.46. The molecular formula is C18H30N4O3. The monoisotopic (exact) mass is 350 g/mol. The third-order valence-electron chi connectivity index (χ3n) is 5.09. The number of amides is 1. The van der Waals surface area contributed by atoms with Gasteiger partial charge in [-0.3, -0.25) is 19.2 Å². The van der Waals surface area contributed by atoms with E-state index in [1.54, 1.807) is 0 Å². The van der Waals surface area contributed by atoms with E-state index in [2.05, 4.69) is 24.3 Å². The molecule has 1 aromatic rings. The zero-order valence-electron chi connectivity index (χ0n) is 15.7. The number of aryl methyl sites for hydroxylation is 1. The van der Waals surface area contributed by atoms with Crippen LogP contribution in [0.4, 0.5) is 0 Å². The number of hydrogen-bond donors (Lipinski definition) is 2. The van der Waals surface area contributed by atoms with Crippen LogP contribution in [0.3, 0.4) is 0 Å². The van der Waals surface area contributed by atoms with Gasteiger partial charge in [0.15, 0.2) is 0 Å². The zero-order chi connectivity index (χ0) is 18.6. The Bertz CT molecular complexity index is 603. The molecule has 1 aliphatic carbocycles. The Morgan fingerprint density at radius 1 is 1.36 bits per heavy atom. The van der Waals surface area contributed by atoms with Crippen molar-refractivity contribution in [3.8, 4) is 0 Å². The Morgan fingerprint density at radius 2 is 2.00 bits per heavy atom. The van der Waals surface area contributed by atoms with E-state index in [1.165, 1.54) is 0 Å². The molecule has 7 heteroatoms. The van der Waals surface area contributed by atoms with Gasteiger partial charge in [0.2, 0.25) is 0 Å². The van der Waals surface area contributed by atoms with E-state index >= 15 is 0 Å². The van der Waals surface area contributed by atoms with Crippen molar-refractivity contribution in [2.45, 2.75) is 71.5 Å². The predicted octanol–water partition coefficient (Wildman–Crippen LogP) is 2.22. The molecular weight excluding hydrogens is 320 g/mol. The molecule has 2 rings (SSSR count). The van der Waals surface area contributed by atoms with Gasteiger partial charge >= 0.3 is 5.97 Å². The highest BCUT2D eigenvalue weighted by Gasteiger charge is 2.35. The largest absolute Gasteiger partial charge is 0.480 e. The van der Waals surface area contributed by atoms with Crippen LogP contribution in [-0.4, -0.2) is 56.8 Å². The van der Waals surface area contributed by atoms with Crippen molar-refractivity contribution in [1.29, 1.82) is 0 Å². The van der Waals surface area contributed by atoms with Gasteiger partial charge < -0.3 is 10.4 Å². The number of aromatic nitrogens is 2. The van der Waals surface area contributed by atoms with Crippen LogP contribution in [-0.2, 0) is 4.79 Å². The fraction of sp³-hybridized carbons (Fsp3) is 0.722. The van der Waals surface area contributed by atoms with Gasteiger partial charge in [0.05, 0.1) is 18.3 Å². The van der Waals surface area contributed by atoms with E-state index < -0.39 is 5.97 Å². The van der Waals surface area contributed by atoms with Crippen LogP contribution < -0.4 is 5.32 Å². The molecule has 0 aromatic carbocycles. The van der Waals surface area contributed by atoms with Gasteiger partial charge in [0, 0.05) is 12.1 Å². The minimum atomic E-state index is -0.807. The lowest BCUT2D eigenvalue weighted by molar-refractivity contribution is -0.139. The lowest BCUT2D eigenvalue weighted by Crippen LogP contribution is -2.55. The third kappa shape index (κ3) is 4.60. The summed E-state index contributed by atoms with van der Waals surface area (Å²) >= 11 is 0. The van der Waals surface area contributed by atoms with Gasteiger partial charge in [0.1, 0.15) is 5.69 Å². The van der Waals surface area contributed by atoms with Crippen LogP contribution in [0.5, 0.6) is 0 Å². The highest BCUT2D eigenvalue weighted by atomic mass is 16.4. The molecule has 0 atom stereocenters. The summed E-state index contributed by atoms with van der Waals surface area (Å²) in [6.45, 7) is 8.84. The first-order valence-corrected chi connectivity index (χ1v) is 9.22. The summed E-state index contributed by atoms with van der Waals surface area (Å²) < 4.78 is 1.85. The Hall–Kier alpha value is -1.89. The molecule has 1 saturated carbocycles. The highest BCUT2D eigenvalue weighted by Crippen LogP contribution is 2.26. The summed E-state index contributed by atoms with van der Waals surface area (Å²) in [5, 5.41) is 16.5. The molecule has 1 amide bonds. The minimum Gasteiger partial charge on any atom is -0.480 e. The number of aliphatic carboxylic acids is 1. The molecule has 2 N–H and O–H groups in total. The normalized spacial score (nSPS) is 19.9. The van der Waals surface area contributed by atoms with Crippen molar-refractivity contribution in [3.05, 3.63) is 17.5 Å². The van der Waals surface area contributed by atoms with Crippen molar-refractivity contribution in [1.82, 2.24) is 20.0 Å². The number of nitrogens with zero attached hydrogens (tertiary/aromatic N) is 3. The molecule has 25 heavy (non-hydrogen) atoms. The van der Waals surface area contributed by atoms with Crippen LogP contribution in [0.15, 0.2) is 6.07 Å². The number of nitrogens with one attached hydrogen (secondary N) is 1. The van der Waals surface area contributed by atoms with Gasteiger partial charge in [0.25, 0.3) is 5.91 Å². The first-order valence-electron chi connectivity index (χ1n) is 9.22. The average Bonchev–Trinajstić information content (AvgIpc) is 2.91. The van der Waals surface area contributed by atoms with Crippen LogP contribution >= 0.6 is 0 Å². The van der Waals surface area contributed by atoms with Gasteiger partial charge in [-0.25, -0.2) is 0 Å². The summed E-state index contributed by atoms with van der Waals surface area (Å²) in [4.78, 5) is 25.5.